The van der Waals surface area contributed by atoms with Crippen molar-refractivity contribution >= 4 is 44.3 Å². The fourth-order valence-corrected chi connectivity index (χ4v) is 4.46. The average Bonchev–Trinajstić information content (AvgIpc) is 2.78. The van der Waals surface area contributed by atoms with Gasteiger partial charge in [-0.1, -0.05) is 23.9 Å². The standard InChI is InChI=1S/C22H16F2N4O4S2/c23-13-5-10-19(17(24)11-13)28-21(30)16-3-1-2-4-18(16)27-22(28)33-12-20(29)26-14-6-8-15(9-7-14)34(25,31)32/h1-11H,12H2,(H,26,29)(H2,25,31,32). The number of carbonyl (C=O) groups excluding carboxylic acids is 1. The van der Waals surface area contributed by atoms with Gasteiger partial charge >= 0.3 is 0 Å². The monoisotopic (exact) mass is 502 g/mol. The molecule has 8 nitrogen and oxygen atoms in total. The van der Waals surface area contributed by atoms with Crippen LogP contribution >= 0.6 is 11.8 Å². The molecule has 0 atom stereocenters. The fraction of sp³-hybridized carbons (Fsp3) is 0.0455. The van der Waals surface area contributed by atoms with Gasteiger partial charge in [-0.25, -0.2) is 27.3 Å². The number of hydrogen-bond donors (Lipinski definition) is 2. The van der Waals surface area contributed by atoms with Crippen LogP contribution in [-0.4, -0.2) is 29.6 Å². The maximum absolute atomic E-state index is 14.5. The first-order valence-corrected chi connectivity index (χ1v) is 12.2. The summed E-state index contributed by atoms with van der Waals surface area (Å²) in [5, 5.41) is 7.91. The van der Waals surface area contributed by atoms with Gasteiger partial charge in [-0.15, -0.1) is 0 Å². The maximum Gasteiger partial charge on any atom is 0.266 e. The highest BCUT2D eigenvalue weighted by molar-refractivity contribution is 7.99. The number of nitrogens with zero attached hydrogens (tertiary/aromatic N) is 2. The van der Waals surface area contributed by atoms with Crippen LogP contribution in [0.4, 0.5) is 14.5 Å². The van der Waals surface area contributed by atoms with E-state index in [1.165, 1.54) is 30.3 Å². The number of carbonyl (C=O) groups is 1. The molecule has 0 saturated heterocycles. The average molecular weight is 503 g/mol. The summed E-state index contributed by atoms with van der Waals surface area (Å²) < 4.78 is 51.6. The van der Waals surface area contributed by atoms with Gasteiger partial charge < -0.3 is 5.32 Å². The molecule has 1 heterocycles. The lowest BCUT2D eigenvalue weighted by atomic mass is 10.2. The van der Waals surface area contributed by atoms with Crippen LogP contribution < -0.4 is 16.0 Å². The van der Waals surface area contributed by atoms with E-state index in [2.05, 4.69) is 10.3 Å². The SMILES string of the molecule is NS(=O)(=O)c1ccc(NC(=O)CSc2nc3ccccc3c(=O)n2-c2ccc(F)cc2F)cc1. The molecule has 0 fully saturated rings. The van der Waals surface area contributed by atoms with E-state index in [0.29, 0.717) is 17.3 Å². The number of aromatic nitrogens is 2. The van der Waals surface area contributed by atoms with Gasteiger partial charge in [-0.2, -0.15) is 0 Å². The van der Waals surface area contributed by atoms with Crippen LogP contribution in [-0.2, 0) is 14.8 Å². The van der Waals surface area contributed by atoms with Crippen LogP contribution in [0, 0.1) is 11.6 Å². The lowest BCUT2D eigenvalue weighted by Gasteiger charge is -2.14. The van der Waals surface area contributed by atoms with Crippen LogP contribution in [0.5, 0.6) is 0 Å². The van der Waals surface area contributed by atoms with Gasteiger partial charge in [-0.3, -0.25) is 14.2 Å². The Labute approximate surface area is 196 Å². The molecular weight excluding hydrogens is 486 g/mol. The molecule has 174 valence electrons. The predicted molar refractivity (Wildman–Crippen MR) is 124 cm³/mol. The number of anilines is 1. The first-order valence-electron chi connectivity index (χ1n) is 9.66. The van der Waals surface area contributed by atoms with Gasteiger partial charge in [0.05, 0.1) is 27.2 Å². The molecule has 1 aromatic heterocycles. The van der Waals surface area contributed by atoms with Crippen molar-refractivity contribution in [1.82, 2.24) is 9.55 Å². The first kappa shape index (κ1) is 23.5. The Morgan fingerprint density at radius 2 is 1.76 bits per heavy atom. The molecule has 1 amide bonds. The van der Waals surface area contributed by atoms with Crippen LogP contribution in [0.15, 0.2) is 81.6 Å². The summed E-state index contributed by atoms with van der Waals surface area (Å²) in [6.07, 6.45) is 0. The largest absolute Gasteiger partial charge is 0.325 e. The van der Waals surface area contributed by atoms with Crippen molar-refractivity contribution in [3.63, 3.8) is 0 Å². The summed E-state index contributed by atoms with van der Waals surface area (Å²) in [5.74, 6) is -2.45. The zero-order valence-corrected chi connectivity index (χ0v) is 18.9. The van der Waals surface area contributed by atoms with Gasteiger partial charge in [0.25, 0.3) is 5.56 Å². The Bertz CT molecular complexity index is 1570. The van der Waals surface area contributed by atoms with Crippen LogP contribution in [0.2, 0.25) is 0 Å². The van der Waals surface area contributed by atoms with Crippen LogP contribution in [0.1, 0.15) is 0 Å². The molecule has 34 heavy (non-hydrogen) atoms. The Morgan fingerprint density at radius 3 is 2.44 bits per heavy atom. The molecule has 3 N–H and O–H groups in total. The van der Waals surface area contributed by atoms with Crippen molar-refractivity contribution < 1.29 is 22.0 Å². The third-order valence-electron chi connectivity index (χ3n) is 4.69. The molecule has 0 unspecified atom stereocenters. The van der Waals surface area contributed by atoms with E-state index in [0.717, 1.165) is 28.5 Å². The summed E-state index contributed by atoms with van der Waals surface area (Å²) in [6.45, 7) is 0. The lowest BCUT2D eigenvalue weighted by molar-refractivity contribution is -0.113. The normalized spacial score (nSPS) is 11.5. The zero-order valence-electron chi connectivity index (χ0n) is 17.2. The second kappa shape index (κ2) is 9.33. The second-order valence-corrected chi connectivity index (χ2v) is 9.56. The number of fused-ring (bicyclic) bond motifs is 1. The van der Waals surface area contributed by atoms with E-state index in [9.17, 15) is 26.8 Å². The minimum atomic E-state index is -3.87. The number of hydrogen-bond acceptors (Lipinski definition) is 6. The van der Waals surface area contributed by atoms with E-state index >= 15 is 0 Å². The fourth-order valence-electron chi connectivity index (χ4n) is 3.14. The Balaban J connectivity index is 1.63. The Kier molecular flexibility index (Phi) is 6.46. The lowest BCUT2D eigenvalue weighted by Crippen LogP contribution is -2.23. The van der Waals surface area contributed by atoms with Crippen molar-refractivity contribution in [2.45, 2.75) is 10.1 Å². The van der Waals surface area contributed by atoms with Crippen molar-refractivity contribution in [3.05, 3.63) is 88.7 Å². The quantitative estimate of drug-likeness (QED) is 0.309. The highest BCUT2D eigenvalue weighted by atomic mass is 32.2. The number of primary sulfonamides is 1. The van der Waals surface area contributed by atoms with Gasteiger partial charge in [-0.05, 0) is 48.5 Å². The maximum atomic E-state index is 14.5. The van der Waals surface area contributed by atoms with Gasteiger partial charge in [0, 0.05) is 11.8 Å². The molecule has 0 spiro atoms. The first-order chi connectivity index (χ1) is 16.1. The summed E-state index contributed by atoms with van der Waals surface area (Å²) in [6, 6.07) is 14.5. The smallest absolute Gasteiger partial charge is 0.266 e. The number of nitrogens with two attached hydrogens (primary N) is 1. The molecule has 3 aromatic carbocycles. The van der Waals surface area contributed by atoms with E-state index in [4.69, 9.17) is 5.14 Å². The van der Waals surface area contributed by atoms with Crippen molar-refractivity contribution in [1.29, 1.82) is 0 Å². The number of nitrogens with one attached hydrogen (secondary N) is 1. The summed E-state index contributed by atoms with van der Waals surface area (Å²) in [7, 11) is -3.87. The number of amides is 1. The zero-order chi connectivity index (χ0) is 24.5. The number of halogens is 2. The summed E-state index contributed by atoms with van der Waals surface area (Å²) >= 11 is 0.882. The summed E-state index contributed by atoms with van der Waals surface area (Å²) in [4.78, 5) is 29.9. The Morgan fingerprint density at radius 1 is 1.06 bits per heavy atom. The number of benzene rings is 3. The molecule has 0 bridgehead atoms. The third-order valence-corrected chi connectivity index (χ3v) is 6.56. The van der Waals surface area contributed by atoms with E-state index in [1.54, 1.807) is 18.2 Å². The molecular formula is C22H16F2N4O4S2. The highest BCUT2D eigenvalue weighted by Gasteiger charge is 2.18. The molecule has 12 heteroatoms. The van der Waals surface area contributed by atoms with Crippen LogP contribution in [0.25, 0.3) is 16.6 Å². The van der Waals surface area contributed by atoms with Crippen LogP contribution in [0.3, 0.4) is 0 Å². The third kappa shape index (κ3) is 4.98. The minimum absolute atomic E-state index is 0.0360. The van der Waals surface area contributed by atoms with Gasteiger partial charge in [0.2, 0.25) is 15.9 Å². The summed E-state index contributed by atoms with van der Waals surface area (Å²) in [5.41, 5.74) is -0.0945. The number of thioether (sulfide) groups is 1. The van der Waals surface area contributed by atoms with E-state index in [-0.39, 0.29) is 26.9 Å². The molecule has 4 aromatic rings. The number of sulfonamides is 1. The van der Waals surface area contributed by atoms with Crippen molar-refractivity contribution in [2.75, 3.05) is 11.1 Å². The van der Waals surface area contributed by atoms with Crippen molar-refractivity contribution in [3.8, 4) is 5.69 Å². The van der Waals surface area contributed by atoms with Gasteiger partial charge in [0.15, 0.2) is 5.16 Å². The van der Waals surface area contributed by atoms with Gasteiger partial charge in [0.1, 0.15) is 11.6 Å². The molecule has 0 saturated carbocycles. The number of para-hydroxylation sites is 1. The van der Waals surface area contributed by atoms with Crippen molar-refractivity contribution in [2.24, 2.45) is 5.14 Å². The second-order valence-electron chi connectivity index (χ2n) is 7.05. The molecule has 0 aliphatic heterocycles. The molecule has 0 aliphatic carbocycles. The van der Waals surface area contributed by atoms with E-state index < -0.39 is 33.1 Å². The predicted octanol–water partition coefficient (Wildman–Crippen LogP) is 3.04. The number of rotatable bonds is 6. The highest BCUT2D eigenvalue weighted by Crippen LogP contribution is 2.24. The minimum Gasteiger partial charge on any atom is -0.325 e. The van der Waals surface area contributed by atoms with E-state index in [1.807, 2.05) is 0 Å². The molecule has 0 aliphatic rings. The molecule has 4 rings (SSSR count). The Hall–Kier alpha value is -3.61. The molecule has 0 radical (unpaired) electrons. The topological polar surface area (TPSA) is 124 Å².